The Hall–Kier alpha value is -3.33. The van der Waals surface area contributed by atoms with E-state index in [0.29, 0.717) is 34.9 Å². The number of nitrogens with zero attached hydrogens (tertiary/aromatic N) is 4. The zero-order chi connectivity index (χ0) is 21.1. The Bertz CT molecular complexity index is 1210. The number of aryl methyl sites for hydroxylation is 1. The van der Waals surface area contributed by atoms with Gasteiger partial charge in [-0.3, -0.25) is 9.59 Å². The van der Waals surface area contributed by atoms with Gasteiger partial charge in [-0.15, -0.1) is 11.3 Å². The molecule has 3 aromatic heterocycles. The van der Waals surface area contributed by atoms with Crippen molar-refractivity contribution >= 4 is 28.1 Å². The number of nitrogens with one attached hydrogen (secondary N) is 1. The molecule has 1 N–H and O–H groups in total. The lowest BCUT2D eigenvalue weighted by atomic mass is 10.2. The van der Waals surface area contributed by atoms with Crippen LogP contribution in [0.5, 0.6) is 0 Å². The number of carbonyl (C=O) groups excluding carboxylic acids is 1. The molecule has 0 aliphatic carbocycles. The normalized spacial score (nSPS) is 11.3. The van der Waals surface area contributed by atoms with E-state index in [1.165, 1.54) is 11.3 Å². The first-order chi connectivity index (χ1) is 14.5. The zero-order valence-corrected chi connectivity index (χ0v) is 17.5. The molecule has 0 aliphatic heterocycles. The molecule has 0 saturated heterocycles. The quantitative estimate of drug-likeness (QED) is 0.488. The number of amides is 1. The predicted octanol–water partition coefficient (Wildman–Crippen LogP) is 3.40. The van der Waals surface area contributed by atoms with Gasteiger partial charge in [-0.1, -0.05) is 23.4 Å². The minimum atomic E-state index is -0.210. The summed E-state index contributed by atoms with van der Waals surface area (Å²) in [4.78, 5) is 39.4. The molecule has 0 aliphatic rings. The van der Waals surface area contributed by atoms with Crippen LogP contribution in [0.25, 0.3) is 21.6 Å². The van der Waals surface area contributed by atoms with Gasteiger partial charge < -0.3 is 14.4 Å². The van der Waals surface area contributed by atoms with Gasteiger partial charge in [0.1, 0.15) is 5.82 Å². The smallest absolute Gasteiger partial charge is 0.258 e. The molecule has 0 saturated carbocycles. The van der Waals surface area contributed by atoms with E-state index >= 15 is 0 Å². The number of H-pyrrole nitrogens is 1. The highest BCUT2D eigenvalue weighted by molar-refractivity contribution is 7.13. The van der Waals surface area contributed by atoms with Crippen molar-refractivity contribution in [2.75, 3.05) is 0 Å². The van der Waals surface area contributed by atoms with Crippen molar-refractivity contribution in [1.82, 2.24) is 25.0 Å². The molecule has 1 aromatic carbocycles. The maximum Gasteiger partial charge on any atom is 0.258 e. The molecule has 30 heavy (non-hydrogen) atoms. The highest BCUT2D eigenvalue weighted by atomic mass is 32.1. The number of aromatic amines is 1. The van der Waals surface area contributed by atoms with E-state index in [1.54, 1.807) is 23.1 Å². The zero-order valence-electron chi connectivity index (χ0n) is 16.7. The van der Waals surface area contributed by atoms with Gasteiger partial charge in [0.2, 0.25) is 17.6 Å². The molecule has 4 aromatic rings. The Morgan fingerprint density at radius 2 is 2.03 bits per heavy atom. The predicted molar refractivity (Wildman–Crippen MR) is 114 cm³/mol. The minimum Gasteiger partial charge on any atom is -0.339 e. The second kappa shape index (κ2) is 8.58. The molecule has 154 valence electrons. The van der Waals surface area contributed by atoms with Crippen LogP contribution in [0.4, 0.5) is 0 Å². The Balaban J connectivity index is 1.45. The average Bonchev–Trinajstić information content (AvgIpc) is 3.42. The Labute approximate surface area is 176 Å². The van der Waals surface area contributed by atoms with E-state index in [4.69, 9.17) is 4.52 Å². The van der Waals surface area contributed by atoms with E-state index in [0.717, 1.165) is 4.88 Å². The number of benzene rings is 1. The lowest BCUT2D eigenvalue weighted by Gasteiger charge is -2.26. The maximum absolute atomic E-state index is 12.9. The summed E-state index contributed by atoms with van der Waals surface area (Å²) in [5.41, 5.74) is 0.401. The van der Waals surface area contributed by atoms with Gasteiger partial charge in [-0.2, -0.15) is 4.98 Å². The third kappa shape index (κ3) is 4.30. The summed E-state index contributed by atoms with van der Waals surface area (Å²) in [7, 11) is 0. The van der Waals surface area contributed by atoms with Crippen LogP contribution < -0.4 is 5.56 Å². The summed E-state index contributed by atoms with van der Waals surface area (Å²) in [6, 6.07) is 10.9. The van der Waals surface area contributed by atoms with Crippen molar-refractivity contribution in [2.24, 2.45) is 0 Å². The summed E-state index contributed by atoms with van der Waals surface area (Å²) in [5.74, 6) is 1.34. The fourth-order valence-corrected chi connectivity index (χ4v) is 3.80. The molecule has 0 fully saturated rings. The molecule has 0 bridgehead atoms. The van der Waals surface area contributed by atoms with Crippen molar-refractivity contribution in [2.45, 2.75) is 39.3 Å². The highest BCUT2D eigenvalue weighted by Gasteiger charge is 2.20. The molecule has 0 spiro atoms. The van der Waals surface area contributed by atoms with Crippen LogP contribution in [0.1, 0.15) is 32.0 Å². The van der Waals surface area contributed by atoms with Gasteiger partial charge in [0, 0.05) is 18.9 Å². The first-order valence-electron chi connectivity index (χ1n) is 9.65. The first kappa shape index (κ1) is 20.0. The Morgan fingerprint density at radius 1 is 1.20 bits per heavy atom. The molecular weight excluding hydrogens is 402 g/mol. The number of para-hydroxylation sites is 1. The molecule has 0 radical (unpaired) electrons. The molecule has 1 amide bonds. The van der Waals surface area contributed by atoms with E-state index in [-0.39, 0.29) is 30.5 Å². The third-order valence-corrected chi connectivity index (χ3v) is 5.55. The summed E-state index contributed by atoms with van der Waals surface area (Å²) in [6.07, 6.45) is 0.574. The molecule has 8 nitrogen and oxygen atoms in total. The van der Waals surface area contributed by atoms with E-state index in [1.807, 2.05) is 37.4 Å². The molecule has 0 unspecified atom stereocenters. The van der Waals surface area contributed by atoms with Crippen molar-refractivity contribution in [3.05, 3.63) is 63.8 Å². The summed E-state index contributed by atoms with van der Waals surface area (Å²) in [6.45, 7) is 4.08. The van der Waals surface area contributed by atoms with Crippen LogP contribution >= 0.6 is 11.3 Å². The highest BCUT2D eigenvalue weighted by Crippen LogP contribution is 2.21. The molecular formula is C21H21N5O3S. The second-order valence-corrected chi connectivity index (χ2v) is 8.08. The number of hydrogen-bond acceptors (Lipinski definition) is 7. The number of carbonyl (C=O) groups is 1. The first-order valence-corrected chi connectivity index (χ1v) is 10.5. The monoisotopic (exact) mass is 423 g/mol. The van der Waals surface area contributed by atoms with E-state index < -0.39 is 0 Å². The number of hydrogen-bond donors (Lipinski definition) is 1. The fourth-order valence-electron chi connectivity index (χ4n) is 3.15. The van der Waals surface area contributed by atoms with E-state index in [9.17, 15) is 9.59 Å². The van der Waals surface area contributed by atoms with Crippen molar-refractivity contribution in [3.8, 4) is 10.7 Å². The lowest BCUT2D eigenvalue weighted by molar-refractivity contribution is -0.133. The number of rotatable bonds is 7. The Kier molecular flexibility index (Phi) is 5.71. The summed E-state index contributed by atoms with van der Waals surface area (Å²) < 4.78 is 5.28. The molecule has 0 atom stereocenters. The van der Waals surface area contributed by atoms with Crippen molar-refractivity contribution in [3.63, 3.8) is 0 Å². The van der Waals surface area contributed by atoms with Crippen LogP contribution in [0, 0.1) is 0 Å². The van der Waals surface area contributed by atoms with Crippen molar-refractivity contribution < 1.29 is 9.32 Å². The van der Waals surface area contributed by atoms with Gasteiger partial charge in [0.25, 0.3) is 5.56 Å². The van der Waals surface area contributed by atoms with Gasteiger partial charge >= 0.3 is 0 Å². The maximum atomic E-state index is 12.9. The fraction of sp³-hybridized carbons (Fsp3) is 0.286. The molecule has 9 heteroatoms. The summed E-state index contributed by atoms with van der Waals surface area (Å²) >= 11 is 1.53. The number of aromatic nitrogens is 4. The third-order valence-electron chi connectivity index (χ3n) is 4.69. The van der Waals surface area contributed by atoms with Crippen LogP contribution in [-0.4, -0.2) is 37.0 Å². The van der Waals surface area contributed by atoms with Crippen LogP contribution in [0.15, 0.2) is 51.1 Å². The number of thiophene rings is 1. The van der Waals surface area contributed by atoms with Crippen LogP contribution in [0.2, 0.25) is 0 Å². The van der Waals surface area contributed by atoms with Crippen molar-refractivity contribution in [1.29, 1.82) is 0 Å². The largest absolute Gasteiger partial charge is 0.339 e. The van der Waals surface area contributed by atoms with Gasteiger partial charge in [0.05, 0.1) is 22.3 Å². The lowest BCUT2D eigenvalue weighted by Crippen LogP contribution is -2.37. The van der Waals surface area contributed by atoms with Crippen LogP contribution in [-0.2, 0) is 17.8 Å². The van der Waals surface area contributed by atoms with Gasteiger partial charge in [-0.05, 0) is 37.4 Å². The topological polar surface area (TPSA) is 105 Å². The van der Waals surface area contributed by atoms with Gasteiger partial charge in [-0.25, -0.2) is 4.98 Å². The van der Waals surface area contributed by atoms with Gasteiger partial charge in [0.15, 0.2) is 0 Å². The van der Waals surface area contributed by atoms with E-state index in [2.05, 4.69) is 20.1 Å². The average molecular weight is 423 g/mol. The standard InChI is InChI=1S/C21H21N5O3S/c1-13(2)26(12-17-22-15-7-4-3-6-14(15)21(28)23-17)19(27)10-9-18-24-20(25-29-18)16-8-5-11-30-16/h3-8,11,13H,9-10,12H2,1-2H3,(H,22,23,28). The number of fused-ring (bicyclic) bond motifs is 1. The molecule has 4 rings (SSSR count). The molecule has 3 heterocycles. The summed E-state index contributed by atoms with van der Waals surface area (Å²) in [5, 5.41) is 6.45. The second-order valence-electron chi connectivity index (χ2n) is 7.13. The Morgan fingerprint density at radius 3 is 2.80 bits per heavy atom. The minimum absolute atomic E-state index is 0.0568. The van der Waals surface area contributed by atoms with Crippen LogP contribution in [0.3, 0.4) is 0 Å². The SMILES string of the molecule is CC(C)N(Cc1nc2ccccc2c(=O)[nH]1)C(=O)CCc1nc(-c2cccs2)no1.